The number of anilines is 2. The topological polar surface area (TPSA) is 96.0 Å². The molecule has 1 saturated heterocycles. The van der Waals surface area contributed by atoms with Gasteiger partial charge < -0.3 is 15.0 Å². The van der Waals surface area contributed by atoms with Gasteiger partial charge in [0.15, 0.2) is 6.10 Å². The molecule has 9 heteroatoms. The minimum atomic E-state index is -3.76. The van der Waals surface area contributed by atoms with E-state index in [4.69, 9.17) is 4.74 Å². The van der Waals surface area contributed by atoms with Crippen molar-refractivity contribution in [2.45, 2.75) is 44.1 Å². The van der Waals surface area contributed by atoms with Crippen LogP contribution in [0.3, 0.4) is 0 Å². The van der Waals surface area contributed by atoms with Crippen molar-refractivity contribution in [3.8, 4) is 5.75 Å². The second-order valence-corrected chi connectivity index (χ2v) is 10.8. The van der Waals surface area contributed by atoms with Gasteiger partial charge in [0.2, 0.25) is 15.9 Å². The summed E-state index contributed by atoms with van der Waals surface area (Å²) in [6.07, 6.45) is 1.15. The van der Waals surface area contributed by atoms with Crippen LogP contribution in [0.5, 0.6) is 5.75 Å². The van der Waals surface area contributed by atoms with E-state index in [1.165, 1.54) is 15.9 Å². The summed E-state index contributed by atoms with van der Waals surface area (Å²) in [7, 11) is -3.76. The zero-order valence-corrected chi connectivity index (χ0v) is 19.5. The lowest BCUT2D eigenvalue weighted by atomic mass is 9.96. The van der Waals surface area contributed by atoms with E-state index >= 15 is 0 Å². The second-order valence-electron chi connectivity index (χ2n) is 8.91. The summed E-state index contributed by atoms with van der Waals surface area (Å²) in [6.45, 7) is 4.59. The Morgan fingerprint density at radius 3 is 2.61 bits per heavy atom. The average Bonchev–Trinajstić information content (AvgIpc) is 3.23. The van der Waals surface area contributed by atoms with Crippen molar-refractivity contribution in [3.63, 3.8) is 0 Å². The van der Waals surface area contributed by atoms with E-state index in [1.54, 1.807) is 19.9 Å². The number of rotatable bonds is 3. The first kappa shape index (κ1) is 21.9. The molecule has 2 aromatic carbocycles. The van der Waals surface area contributed by atoms with Gasteiger partial charge in [-0.05, 0) is 56.4 Å². The molecule has 5 rings (SSSR count). The highest BCUT2D eigenvalue weighted by Crippen LogP contribution is 2.37. The van der Waals surface area contributed by atoms with Crippen molar-refractivity contribution < 1.29 is 22.7 Å². The Balaban J connectivity index is 1.31. The second kappa shape index (κ2) is 8.14. The minimum absolute atomic E-state index is 0.0834. The number of piperidine rings is 1. The molecule has 2 amide bonds. The SMILES string of the molecule is Cc1cc2c(cc1S(=O)(=O)N1CCC(C(=O)N3CCc4ccccc43)CC1)O[C@@H](C)C(=O)N2. The Labute approximate surface area is 193 Å². The van der Waals surface area contributed by atoms with E-state index < -0.39 is 16.1 Å². The summed E-state index contributed by atoms with van der Waals surface area (Å²) in [5.74, 6) is -0.0133. The normalized spacial score (nSPS) is 21.2. The van der Waals surface area contributed by atoms with E-state index in [2.05, 4.69) is 11.4 Å². The van der Waals surface area contributed by atoms with Gasteiger partial charge in [0.05, 0.1) is 10.6 Å². The summed E-state index contributed by atoms with van der Waals surface area (Å²) in [4.78, 5) is 27.0. The number of amides is 2. The van der Waals surface area contributed by atoms with Crippen LogP contribution in [0.1, 0.15) is 30.9 Å². The number of nitrogens with zero attached hydrogens (tertiary/aromatic N) is 2. The highest BCUT2D eigenvalue weighted by atomic mass is 32.2. The van der Waals surface area contributed by atoms with Crippen LogP contribution in [0.15, 0.2) is 41.3 Å². The number of fused-ring (bicyclic) bond motifs is 2. The van der Waals surface area contributed by atoms with Gasteiger partial charge in [0.1, 0.15) is 5.75 Å². The molecule has 174 valence electrons. The lowest BCUT2D eigenvalue weighted by Crippen LogP contribution is -2.44. The molecule has 0 unspecified atom stereocenters. The fraction of sp³-hybridized carbons (Fsp3) is 0.417. The monoisotopic (exact) mass is 469 g/mol. The Morgan fingerprint density at radius 1 is 1.12 bits per heavy atom. The van der Waals surface area contributed by atoms with Crippen LogP contribution in [0, 0.1) is 12.8 Å². The summed E-state index contributed by atoms with van der Waals surface area (Å²) in [6, 6.07) is 11.1. The van der Waals surface area contributed by atoms with E-state index in [-0.39, 0.29) is 22.6 Å². The predicted octanol–water partition coefficient (Wildman–Crippen LogP) is 2.70. The van der Waals surface area contributed by atoms with E-state index in [0.29, 0.717) is 49.5 Å². The number of ether oxygens (including phenoxy) is 1. The zero-order chi connectivity index (χ0) is 23.3. The maximum absolute atomic E-state index is 13.4. The van der Waals surface area contributed by atoms with Crippen molar-refractivity contribution in [2.24, 2.45) is 5.92 Å². The summed E-state index contributed by atoms with van der Waals surface area (Å²) >= 11 is 0. The fourth-order valence-electron chi connectivity index (χ4n) is 4.89. The zero-order valence-electron chi connectivity index (χ0n) is 18.7. The van der Waals surface area contributed by atoms with Crippen LogP contribution in [0.25, 0.3) is 0 Å². The molecule has 3 aliphatic heterocycles. The highest BCUT2D eigenvalue weighted by Gasteiger charge is 2.37. The molecule has 33 heavy (non-hydrogen) atoms. The molecule has 0 radical (unpaired) electrons. The number of carbonyl (C=O) groups excluding carboxylic acids is 2. The molecule has 0 saturated carbocycles. The van der Waals surface area contributed by atoms with Gasteiger partial charge in [-0.15, -0.1) is 0 Å². The molecule has 3 aliphatic rings. The Bertz CT molecular complexity index is 1230. The first-order valence-corrected chi connectivity index (χ1v) is 12.7. The first-order chi connectivity index (χ1) is 15.8. The number of aryl methyl sites for hydroxylation is 1. The number of nitrogens with one attached hydrogen (secondary N) is 1. The van der Waals surface area contributed by atoms with Crippen molar-refractivity contribution in [1.82, 2.24) is 4.31 Å². The number of benzene rings is 2. The summed E-state index contributed by atoms with van der Waals surface area (Å²) in [5.41, 5.74) is 3.17. The lowest BCUT2D eigenvalue weighted by Gasteiger charge is -2.33. The fourth-order valence-corrected chi connectivity index (χ4v) is 6.58. The number of sulfonamides is 1. The third kappa shape index (κ3) is 3.79. The third-order valence-corrected chi connectivity index (χ3v) is 8.82. The molecule has 1 N–H and O–H groups in total. The van der Waals surface area contributed by atoms with Gasteiger partial charge in [-0.25, -0.2) is 8.42 Å². The molecule has 0 aliphatic carbocycles. The lowest BCUT2D eigenvalue weighted by molar-refractivity contribution is -0.123. The number of hydrogen-bond donors (Lipinski definition) is 1. The largest absolute Gasteiger partial charge is 0.479 e. The summed E-state index contributed by atoms with van der Waals surface area (Å²) in [5, 5.41) is 2.75. The van der Waals surface area contributed by atoms with Gasteiger partial charge in [0.25, 0.3) is 5.91 Å². The van der Waals surface area contributed by atoms with Crippen molar-refractivity contribution >= 4 is 33.2 Å². The van der Waals surface area contributed by atoms with Crippen LogP contribution in [0.2, 0.25) is 0 Å². The Kier molecular flexibility index (Phi) is 5.41. The van der Waals surface area contributed by atoms with Crippen LogP contribution in [0.4, 0.5) is 11.4 Å². The molecule has 0 aromatic heterocycles. The predicted molar refractivity (Wildman–Crippen MR) is 124 cm³/mol. The van der Waals surface area contributed by atoms with Crippen molar-refractivity contribution in [1.29, 1.82) is 0 Å². The number of carbonyl (C=O) groups is 2. The number of hydrogen-bond acceptors (Lipinski definition) is 5. The van der Waals surface area contributed by atoms with Gasteiger partial charge in [0, 0.05) is 37.3 Å². The van der Waals surface area contributed by atoms with Crippen LogP contribution in [-0.2, 0) is 26.0 Å². The molecule has 1 atom stereocenters. The van der Waals surface area contributed by atoms with E-state index in [9.17, 15) is 18.0 Å². The third-order valence-electron chi connectivity index (χ3n) is 6.78. The Hall–Kier alpha value is -2.91. The maximum Gasteiger partial charge on any atom is 0.265 e. The van der Waals surface area contributed by atoms with Gasteiger partial charge >= 0.3 is 0 Å². The van der Waals surface area contributed by atoms with Crippen molar-refractivity contribution in [2.75, 3.05) is 29.9 Å². The van der Waals surface area contributed by atoms with Crippen LogP contribution < -0.4 is 15.0 Å². The first-order valence-electron chi connectivity index (χ1n) is 11.3. The van der Waals surface area contributed by atoms with E-state index in [0.717, 1.165) is 12.1 Å². The van der Waals surface area contributed by atoms with Crippen LogP contribution >= 0.6 is 0 Å². The van der Waals surface area contributed by atoms with Gasteiger partial charge in [-0.2, -0.15) is 4.31 Å². The van der Waals surface area contributed by atoms with E-state index in [1.807, 2.05) is 23.1 Å². The maximum atomic E-state index is 13.4. The molecule has 0 bridgehead atoms. The molecule has 2 aromatic rings. The van der Waals surface area contributed by atoms with Crippen molar-refractivity contribution in [3.05, 3.63) is 47.5 Å². The molecule has 1 fully saturated rings. The average molecular weight is 470 g/mol. The smallest absolute Gasteiger partial charge is 0.265 e. The molecule has 8 nitrogen and oxygen atoms in total. The molecule has 0 spiro atoms. The standard InChI is InChI=1S/C24H27N3O5S/c1-15-13-19-21(32-16(2)23(28)25-19)14-22(15)33(30,31)26-10-7-18(8-11-26)24(29)27-12-9-17-5-3-4-6-20(17)27/h3-6,13-14,16,18H,7-12H2,1-2H3,(H,25,28)/t16-/m0/s1. The summed E-state index contributed by atoms with van der Waals surface area (Å²) < 4.78 is 33.9. The number of para-hydroxylation sites is 1. The quantitative estimate of drug-likeness (QED) is 0.746. The van der Waals surface area contributed by atoms with Gasteiger partial charge in [-0.3, -0.25) is 9.59 Å². The minimum Gasteiger partial charge on any atom is -0.479 e. The Morgan fingerprint density at radius 2 is 1.85 bits per heavy atom. The molecular weight excluding hydrogens is 442 g/mol. The highest BCUT2D eigenvalue weighted by molar-refractivity contribution is 7.89. The molecule has 3 heterocycles. The molecular formula is C24H27N3O5S. The van der Waals surface area contributed by atoms with Gasteiger partial charge in [-0.1, -0.05) is 18.2 Å². The van der Waals surface area contributed by atoms with Crippen LogP contribution in [-0.4, -0.2) is 50.3 Å².